The van der Waals surface area contributed by atoms with E-state index in [0.29, 0.717) is 0 Å². The van der Waals surface area contributed by atoms with Crippen LogP contribution in [-0.2, 0) is 11.9 Å². The van der Waals surface area contributed by atoms with Crippen LogP contribution in [0.4, 0.5) is 18.9 Å². The molecule has 0 heterocycles. The molecule has 0 fully saturated rings. The van der Waals surface area contributed by atoms with Crippen LogP contribution in [0.25, 0.3) is 0 Å². The highest BCUT2D eigenvalue weighted by atomic mass is 79.9. The molecule has 0 aliphatic rings. The number of thioether (sulfide) groups is 1. The molecule has 0 saturated carbocycles. The molecular weight excluding hydrogens is 351 g/mol. The fraction of sp³-hybridized carbons (Fsp3) is 0.143. The minimum absolute atomic E-state index is 0.118. The van der Waals surface area contributed by atoms with Crippen molar-refractivity contribution in [1.29, 1.82) is 0 Å². The fourth-order valence-electron chi connectivity index (χ4n) is 1.70. The van der Waals surface area contributed by atoms with Crippen molar-refractivity contribution in [2.75, 3.05) is 5.73 Å². The lowest BCUT2D eigenvalue weighted by Crippen LogP contribution is -2.09. The van der Waals surface area contributed by atoms with Gasteiger partial charge in [-0.15, -0.1) is 11.8 Å². The summed E-state index contributed by atoms with van der Waals surface area (Å²) in [5.41, 5.74) is 5.12. The molecule has 0 bridgehead atoms. The molecule has 0 unspecified atom stereocenters. The molecule has 6 heteroatoms. The van der Waals surface area contributed by atoms with Gasteiger partial charge in [-0.05, 0) is 45.8 Å². The highest BCUT2D eigenvalue weighted by Crippen LogP contribution is 2.37. The second-order valence-corrected chi connectivity index (χ2v) is 6.00. The van der Waals surface area contributed by atoms with Crippen LogP contribution in [0.3, 0.4) is 0 Å². The van der Waals surface area contributed by atoms with Gasteiger partial charge in [0.25, 0.3) is 0 Å². The van der Waals surface area contributed by atoms with Crippen molar-refractivity contribution in [3.8, 4) is 0 Å². The van der Waals surface area contributed by atoms with Crippen LogP contribution in [0, 0.1) is 0 Å². The molecule has 0 aliphatic heterocycles. The number of anilines is 1. The summed E-state index contributed by atoms with van der Waals surface area (Å²) in [6.45, 7) is 0. The number of hydrogen-bond acceptors (Lipinski definition) is 2. The first-order valence-corrected chi connectivity index (χ1v) is 7.48. The normalized spacial score (nSPS) is 11.6. The van der Waals surface area contributed by atoms with Crippen LogP contribution >= 0.6 is 27.7 Å². The van der Waals surface area contributed by atoms with Gasteiger partial charge in [0, 0.05) is 20.8 Å². The first-order valence-electron chi connectivity index (χ1n) is 5.71. The molecule has 2 aromatic rings. The van der Waals surface area contributed by atoms with Crippen LogP contribution in [0.2, 0.25) is 0 Å². The van der Waals surface area contributed by atoms with Crippen LogP contribution in [-0.4, -0.2) is 0 Å². The van der Waals surface area contributed by atoms with Crippen molar-refractivity contribution < 1.29 is 13.2 Å². The minimum Gasteiger partial charge on any atom is -0.399 e. The van der Waals surface area contributed by atoms with E-state index in [-0.39, 0.29) is 17.0 Å². The summed E-state index contributed by atoms with van der Waals surface area (Å²) in [6.07, 6.45) is -4.39. The average molecular weight is 362 g/mol. The first kappa shape index (κ1) is 15.3. The van der Waals surface area contributed by atoms with E-state index < -0.39 is 11.7 Å². The quantitative estimate of drug-likeness (QED) is 0.589. The highest BCUT2D eigenvalue weighted by molar-refractivity contribution is 9.10. The Morgan fingerprint density at radius 3 is 2.45 bits per heavy atom. The van der Waals surface area contributed by atoms with Crippen molar-refractivity contribution in [2.24, 2.45) is 0 Å². The highest BCUT2D eigenvalue weighted by Gasteiger charge is 2.33. The first-order chi connectivity index (χ1) is 9.38. The summed E-state index contributed by atoms with van der Waals surface area (Å²) in [5, 5.41) is 0. The predicted molar refractivity (Wildman–Crippen MR) is 79.6 cm³/mol. The monoisotopic (exact) mass is 361 g/mol. The number of nitrogen functional groups attached to an aromatic ring is 1. The smallest absolute Gasteiger partial charge is 0.399 e. The molecule has 2 aromatic carbocycles. The summed E-state index contributed by atoms with van der Waals surface area (Å²) in [6, 6.07) is 11.3. The molecule has 1 nitrogen and oxygen atoms in total. The molecule has 20 heavy (non-hydrogen) atoms. The maximum absolute atomic E-state index is 13.0. The summed E-state index contributed by atoms with van der Waals surface area (Å²) >= 11 is 4.72. The molecular formula is C14H11BrF3NS. The Morgan fingerprint density at radius 2 is 1.80 bits per heavy atom. The number of alkyl halides is 3. The largest absolute Gasteiger partial charge is 0.416 e. The molecule has 2 rings (SSSR count). The molecule has 0 spiro atoms. The Balaban J connectivity index is 2.24. The average Bonchev–Trinajstić information content (AvgIpc) is 2.38. The van der Waals surface area contributed by atoms with Gasteiger partial charge in [-0.2, -0.15) is 13.2 Å². The van der Waals surface area contributed by atoms with E-state index in [4.69, 9.17) is 5.73 Å². The Morgan fingerprint density at radius 1 is 1.10 bits per heavy atom. The molecule has 0 aromatic heterocycles. The van der Waals surface area contributed by atoms with Gasteiger partial charge in [0.2, 0.25) is 0 Å². The Kier molecular flexibility index (Phi) is 4.65. The van der Waals surface area contributed by atoms with Crippen molar-refractivity contribution in [3.05, 3.63) is 58.1 Å². The van der Waals surface area contributed by atoms with E-state index in [0.717, 1.165) is 15.4 Å². The van der Waals surface area contributed by atoms with Gasteiger partial charge in [0.1, 0.15) is 0 Å². The SMILES string of the molecule is Nc1ccc(CSc2ccccc2Br)c(C(F)(F)F)c1. The third kappa shape index (κ3) is 3.70. The van der Waals surface area contributed by atoms with Gasteiger partial charge in [-0.25, -0.2) is 0 Å². The van der Waals surface area contributed by atoms with E-state index in [2.05, 4.69) is 15.9 Å². The molecule has 106 valence electrons. The maximum atomic E-state index is 13.0. The van der Waals surface area contributed by atoms with Gasteiger partial charge >= 0.3 is 6.18 Å². The zero-order valence-electron chi connectivity index (χ0n) is 10.2. The van der Waals surface area contributed by atoms with E-state index in [1.165, 1.54) is 23.9 Å². The lowest BCUT2D eigenvalue weighted by atomic mass is 10.1. The molecule has 0 amide bonds. The zero-order valence-corrected chi connectivity index (χ0v) is 12.6. The van der Waals surface area contributed by atoms with Crippen molar-refractivity contribution in [2.45, 2.75) is 16.8 Å². The van der Waals surface area contributed by atoms with Crippen molar-refractivity contribution >= 4 is 33.4 Å². The molecule has 0 aliphatic carbocycles. The van der Waals surface area contributed by atoms with Gasteiger partial charge in [-0.1, -0.05) is 18.2 Å². The van der Waals surface area contributed by atoms with Gasteiger partial charge in [-0.3, -0.25) is 0 Å². The lowest BCUT2D eigenvalue weighted by Gasteiger charge is -2.13. The van der Waals surface area contributed by atoms with Gasteiger partial charge in [0.05, 0.1) is 5.56 Å². The number of hydrogen-bond donors (Lipinski definition) is 1. The van der Waals surface area contributed by atoms with Crippen molar-refractivity contribution in [3.63, 3.8) is 0 Å². The second kappa shape index (κ2) is 6.10. The third-order valence-electron chi connectivity index (χ3n) is 2.66. The third-order valence-corrected chi connectivity index (χ3v) is 4.74. The molecule has 2 N–H and O–H groups in total. The standard InChI is InChI=1S/C14H11BrF3NS/c15-12-3-1-2-4-13(12)20-8-9-5-6-10(19)7-11(9)14(16,17)18/h1-7H,8,19H2. The Bertz CT molecular complexity index is 614. The van der Waals surface area contributed by atoms with E-state index in [1.807, 2.05) is 24.3 Å². The predicted octanol–water partition coefficient (Wildman–Crippen LogP) is 5.34. The summed E-state index contributed by atoms with van der Waals surface area (Å²) in [4.78, 5) is 0.900. The summed E-state index contributed by atoms with van der Waals surface area (Å²) < 4.78 is 39.7. The van der Waals surface area contributed by atoms with Crippen LogP contribution in [0.15, 0.2) is 51.8 Å². The molecule has 0 radical (unpaired) electrons. The minimum atomic E-state index is -4.39. The molecule has 0 saturated heterocycles. The summed E-state index contributed by atoms with van der Waals surface area (Å²) in [5.74, 6) is 0.234. The molecule has 0 atom stereocenters. The van der Waals surface area contributed by atoms with E-state index in [1.54, 1.807) is 0 Å². The van der Waals surface area contributed by atoms with Crippen molar-refractivity contribution in [1.82, 2.24) is 0 Å². The maximum Gasteiger partial charge on any atom is 0.416 e. The van der Waals surface area contributed by atoms with E-state index in [9.17, 15) is 13.2 Å². The van der Waals surface area contributed by atoms with Gasteiger partial charge in [0.15, 0.2) is 0 Å². The second-order valence-electron chi connectivity index (χ2n) is 4.13. The number of nitrogens with two attached hydrogens (primary N) is 1. The number of benzene rings is 2. The van der Waals surface area contributed by atoms with Gasteiger partial charge < -0.3 is 5.73 Å². The van der Waals surface area contributed by atoms with Crippen LogP contribution < -0.4 is 5.73 Å². The lowest BCUT2D eigenvalue weighted by molar-refractivity contribution is -0.138. The fourth-order valence-corrected chi connectivity index (χ4v) is 3.27. The number of rotatable bonds is 3. The van der Waals surface area contributed by atoms with Crippen LogP contribution in [0.1, 0.15) is 11.1 Å². The Labute approximate surface area is 127 Å². The Hall–Kier alpha value is -1.14. The van der Waals surface area contributed by atoms with Crippen LogP contribution in [0.5, 0.6) is 0 Å². The van der Waals surface area contributed by atoms with E-state index >= 15 is 0 Å². The zero-order chi connectivity index (χ0) is 14.8. The summed E-state index contributed by atoms with van der Waals surface area (Å²) in [7, 11) is 0. The topological polar surface area (TPSA) is 26.0 Å². The number of halogens is 4.